The van der Waals surface area contributed by atoms with Crippen molar-refractivity contribution in [3.8, 4) is 0 Å². The number of aromatic nitrogens is 4. The number of allylic oxidation sites excluding steroid dienone is 4. The van der Waals surface area contributed by atoms with Gasteiger partial charge in [0.25, 0.3) is 0 Å². The monoisotopic (exact) mass is 748 g/mol. The van der Waals surface area contributed by atoms with Gasteiger partial charge in [-0.3, -0.25) is 14.8 Å². The van der Waals surface area contributed by atoms with Crippen LogP contribution in [0, 0.1) is 5.82 Å². The first-order chi connectivity index (χ1) is 25.3. The molecule has 0 aliphatic carbocycles. The van der Waals surface area contributed by atoms with Crippen LogP contribution in [0.5, 0.6) is 0 Å². The largest absolute Gasteiger partial charge is 0.466 e. The number of rotatable bonds is 20. The summed E-state index contributed by atoms with van der Waals surface area (Å²) in [6, 6.07) is 6.55. The highest BCUT2D eigenvalue weighted by Gasteiger charge is 2.33. The molecule has 2 aromatic heterocycles. The third-order valence-corrected chi connectivity index (χ3v) is 8.57. The minimum atomic E-state index is -0.903. The lowest BCUT2D eigenvalue weighted by atomic mass is 9.95. The van der Waals surface area contributed by atoms with Crippen LogP contribution >= 0.6 is 11.6 Å². The van der Waals surface area contributed by atoms with Crippen LogP contribution in [0.3, 0.4) is 0 Å². The van der Waals surface area contributed by atoms with E-state index >= 15 is 0 Å². The van der Waals surface area contributed by atoms with Crippen molar-refractivity contribution >= 4 is 29.2 Å². The number of pyridine rings is 1. The average Bonchev–Trinajstić information content (AvgIpc) is 3.59. The maximum atomic E-state index is 14.0. The molecule has 282 valence electrons. The highest BCUT2D eigenvalue weighted by atomic mass is 35.5. The Kier molecular flexibility index (Phi) is 14.5. The predicted octanol–water partition coefficient (Wildman–Crippen LogP) is 6.44. The van der Waals surface area contributed by atoms with Crippen molar-refractivity contribution in [3.05, 3.63) is 125 Å². The second-order valence-corrected chi connectivity index (χ2v) is 13.8. The normalized spacial score (nSPS) is 15.1. The molecule has 1 aliphatic heterocycles. The first kappa shape index (κ1) is 40.9. The molecule has 12 nitrogen and oxygen atoms in total. The molecule has 3 aromatic rings. The van der Waals surface area contributed by atoms with E-state index in [4.69, 9.17) is 35.5 Å². The van der Waals surface area contributed by atoms with Crippen LogP contribution in [0.15, 0.2) is 102 Å². The van der Waals surface area contributed by atoms with Crippen molar-refractivity contribution < 1.29 is 32.9 Å². The number of Topliss-reactive ketones (excluding diaryl/α,β-unsaturated/α-hetero) is 1. The SMILES string of the molecule is C=C/C=C(\C=C)C(=O)CCC(C)(C)OCC(C)(C)OCCn1cc(COCC2=C(C(=O)OC)C(c3ccc(F)cc3Cl)N=C(c3ccncc3)N2)nn1. The fraction of sp³-hybridized carbons (Fsp3) is 0.385. The number of carbonyl (C=O) groups excluding carboxylic acids is 2. The van der Waals surface area contributed by atoms with Crippen molar-refractivity contribution in [2.45, 2.75) is 70.9 Å². The Morgan fingerprint density at radius 3 is 2.51 bits per heavy atom. The molecule has 4 rings (SSSR count). The van der Waals surface area contributed by atoms with Crippen LogP contribution in [-0.2, 0) is 41.7 Å². The molecule has 0 saturated heterocycles. The molecule has 1 unspecified atom stereocenters. The van der Waals surface area contributed by atoms with Gasteiger partial charge in [-0.25, -0.2) is 13.9 Å². The number of halogens is 2. The molecule has 1 aliphatic rings. The number of hydrogen-bond donors (Lipinski definition) is 1. The molecule has 3 heterocycles. The number of nitrogens with zero attached hydrogens (tertiary/aromatic N) is 5. The fourth-order valence-electron chi connectivity index (χ4n) is 5.30. The summed E-state index contributed by atoms with van der Waals surface area (Å²) in [6.45, 7) is 16.2. The van der Waals surface area contributed by atoms with Gasteiger partial charge in [0.2, 0.25) is 0 Å². The summed E-state index contributed by atoms with van der Waals surface area (Å²) in [5.74, 6) is -0.725. The van der Waals surface area contributed by atoms with E-state index in [-0.39, 0.29) is 29.6 Å². The number of carbonyl (C=O) groups is 2. The summed E-state index contributed by atoms with van der Waals surface area (Å²) in [7, 11) is 1.27. The van der Waals surface area contributed by atoms with Crippen LogP contribution in [-0.4, -0.2) is 75.7 Å². The maximum Gasteiger partial charge on any atom is 0.338 e. The Morgan fingerprint density at radius 1 is 1.08 bits per heavy atom. The zero-order valence-corrected chi connectivity index (χ0v) is 31.5. The molecular weight excluding hydrogens is 703 g/mol. The molecule has 1 atom stereocenters. The molecule has 14 heteroatoms. The number of aliphatic imine (C=N–C) groups is 1. The Morgan fingerprint density at radius 2 is 1.83 bits per heavy atom. The average molecular weight is 749 g/mol. The van der Waals surface area contributed by atoms with Gasteiger partial charge in [-0.1, -0.05) is 54.3 Å². The smallest absolute Gasteiger partial charge is 0.338 e. The van der Waals surface area contributed by atoms with Crippen LogP contribution in [0.25, 0.3) is 0 Å². The number of nitrogens with one attached hydrogen (secondary N) is 1. The van der Waals surface area contributed by atoms with Gasteiger partial charge in [-0.05, 0) is 58.4 Å². The molecule has 0 amide bonds. The Bertz CT molecular complexity index is 1870. The van der Waals surface area contributed by atoms with E-state index in [0.717, 1.165) is 0 Å². The van der Waals surface area contributed by atoms with Crippen molar-refractivity contribution in [1.82, 2.24) is 25.3 Å². The van der Waals surface area contributed by atoms with Gasteiger partial charge in [-0.2, -0.15) is 0 Å². The van der Waals surface area contributed by atoms with Crippen LogP contribution in [0.4, 0.5) is 4.39 Å². The molecular formula is C39H46ClFN6O6. The fourth-order valence-corrected chi connectivity index (χ4v) is 5.57. The number of esters is 1. The van der Waals surface area contributed by atoms with Gasteiger partial charge in [0.1, 0.15) is 23.4 Å². The van der Waals surface area contributed by atoms with Gasteiger partial charge in [0, 0.05) is 40.5 Å². The lowest BCUT2D eigenvalue weighted by Gasteiger charge is -2.32. The first-order valence-corrected chi connectivity index (χ1v) is 17.4. The summed E-state index contributed by atoms with van der Waals surface area (Å²) in [6.07, 6.45) is 10.6. The molecule has 1 aromatic carbocycles. The number of benzene rings is 1. The van der Waals surface area contributed by atoms with E-state index < -0.39 is 29.0 Å². The second kappa shape index (κ2) is 18.8. The summed E-state index contributed by atoms with van der Waals surface area (Å²) in [5.41, 5.74) is 1.65. The summed E-state index contributed by atoms with van der Waals surface area (Å²) in [4.78, 5) is 34.5. The number of methoxy groups -OCH3 is 1. The molecule has 1 N–H and O–H groups in total. The van der Waals surface area contributed by atoms with E-state index in [1.807, 2.05) is 27.7 Å². The zero-order chi connectivity index (χ0) is 38.6. The number of ether oxygens (including phenoxy) is 4. The lowest BCUT2D eigenvalue weighted by Crippen LogP contribution is -2.37. The van der Waals surface area contributed by atoms with Crippen molar-refractivity contribution in [3.63, 3.8) is 0 Å². The van der Waals surface area contributed by atoms with E-state index in [1.165, 1.54) is 31.4 Å². The first-order valence-electron chi connectivity index (χ1n) is 17.0. The summed E-state index contributed by atoms with van der Waals surface area (Å²) >= 11 is 6.45. The van der Waals surface area contributed by atoms with Gasteiger partial charge < -0.3 is 24.3 Å². The Labute approximate surface area is 314 Å². The quantitative estimate of drug-likeness (QED) is 0.0781. The standard InChI is InChI=1S/C39H46ClFN6O6/c1-8-10-26(9-2)33(48)13-16-38(3,4)53-25-39(5,6)52-20-19-47-22-29(45-46-47)23-51-24-32-34(37(49)50-7)35(30-12-11-28(41)21-31(30)40)44-36(43-32)27-14-17-42-18-15-27/h8-12,14-15,17-18,21-22,35H,1-2,13,16,19-20,23-25H2,3-7H3,(H,43,44)/b26-10+. The third kappa shape index (κ3) is 11.8. The highest BCUT2D eigenvalue weighted by Crippen LogP contribution is 2.36. The lowest BCUT2D eigenvalue weighted by molar-refractivity contribution is -0.136. The molecule has 0 saturated carbocycles. The Hall–Kier alpha value is -4.82. The topological polar surface area (TPSA) is 139 Å². The minimum absolute atomic E-state index is 0.0103. The predicted molar refractivity (Wildman–Crippen MR) is 200 cm³/mol. The zero-order valence-electron chi connectivity index (χ0n) is 30.7. The molecule has 0 spiro atoms. The maximum absolute atomic E-state index is 14.0. The molecule has 0 bridgehead atoms. The van der Waals surface area contributed by atoms with Crippen molar-refractivity contribution in [2.75, 3.05) is 26.9 Å². The van der Waals surface area contributed by atoms with E-state index in [2.05, 4.69) is 33.8 Å². The van der Waals surface area contributed by atoms with Gasteiger partial charge in [-0.15, -0.1) is 5.10 Å². The van der Waals surface area contributed by atoms with Crippen molar-refractivity contribution in [2.24, 2.45) is 4.99 Å². The van der Waals surface area contributed by atoms with E-state index in [1.54, 1.807) is 47.6 Å². The van der Waals surface area contributed by atoms with E-state index in [0.29, 0.717) is 66.5 Å². The molecule has 0 radical (unpaired) electrons. The summed E-state index contributed by atoms with van der Waals surface area (Å²) in [5, 5.41) is 11.7. The van der Waals surface area contributed by atoms with Gasteiger partial charge >= 0.3 is 5.97 Å². The second-order valence-electron chi connectivity index (χ2n) is 13.4. The van der Waals surface area contributed by atoms with Crippen LogP contribution in [0.2, 0.25) is 5.02 Å². The van der Waals surface area contributed by atoms with Crippen molar-refractivity contribution in [1.29, 1.82) is 0 Å². The number of ketones is 1. The van der Waals surface area contributed by atoms with E-state index in [9.17, 15) is 14.0 Å². The molecule has 0 fully saturated rings. The van der Waals surface area contributed by atoms with Crippen LogP contribution in [0.1, 0.15) is 63.4 Å². The highest BCUT2D eigenvalue weighted by molar-refractivity contribution is 6.31. The number of hydrogen-bond acceptors (Lipinski definition) is 11. The minimum Gasteiger partial charge on any atom is -0.466 e. The van der Waals surface area contributed by atoms with Crippen LogP contribution < -0.4 is 5.32 Å². The third-order valence-electron chi connectivity index (χ3n) is 8.24. The van der Waals surface area contributed by atoms with Gasteiger partial charge in [0.05, 0.1) is 68.8 Å². The Balaban J connectivity index is 1.34. The number of amidine groups is 1. The molecule has 53 heavy (non-hydrogen) atoms. The van der Waals surface area contributed by atoms with Gasteiger partial charge in [0.15, 0.2) is 5.78 Å². The summed E-state index contributed by atoms with van der Waals surface area (Å²) < 4.78 is 39.0.